The molecule has 0 amide bonds. The Bertz CT molecular complexity index is 1000. The zero-order valence-electron chi connectivity index (χ0n) is 24.8. The van der Waals surface area contributed by atoms with Gasteiger partial charge in [-0.05, 0) is 99.9 Å². The van der Waals surface area contributed by atoms with Crippen LogP contribution in [0.5, 0.6) is 0 Å². The Hall–Kier alpha value is -0.118. The van der Waals surface area contributed by atoms with Gasteiger partial charge in [-0.25, -0.2) is 0 Å². The minimum atomic E-state index is -0.577. The van der Waals surface area contributed by atoms with Crippen molar-refractivity contribution in [2.45, 2.75) is 62.7 Å². The molecule has 42 heavy (non-hydrogen) atoms. The predicted molar refractivity (Wildman–Crippen MR) is 196 cm³/mol. The average Bonchev–Trinajstić information content (AvgIpc) is 3.72. The van der Waals surface area contributed by atoms with Crippen LogP contribution >= 0.6 is 42.7 Å². The summed E-state index contributed by atoms with van der Waals surface area (Å²) in [7, 11) is -1.15. The van der Waals surface area contributed by atoms with E-state index >= 15 is 0 Å². The monoisotopic (exact) mass is 860 g/mol. The van der Waals surface area contributed by atoms with Crippen molar-refractivity contribution in [3.05, 3.63) is 136 Å². The van der Waals surface area contributed by atoms with Crippen molar-refractivity contribution in [1.29, 1.82) is 0 Å². The standard InChI is InChI=1S/2C17H19P.2CH3.2BrH.Fe.Pd/c2*1-3-9-15(10-4-1)18(17-13-7-8-14-17)16-11-5-2-6-12-16;;;;;;/h2*1-6,9-12,17H,7-8,13-14H2;2*1H3;2*1H;;/q;;2*-1;;;2*+2. The molecule has 2 fully saturated rings. The fourth-order valence-corrected chi connectivity index (χ4v) is 12.9. The summed E-state index contributed by atoms with van der Waals surface area (Å²) in [4.78, 5) is 0. The Morgan fingerprint density at radius 3 is 0.810 bits per heavy atom. The van der Waals surface area contributed by atoms with E-state index in [1.165, 1.54) is 51.4 Å². The Morgan fingerprint density at radius 2 is 0.619 bits per heavy atom. The summed E-state index contributed by atoms with van der Waals surface area (Å²) in [6, 6.07) is 44.7. The molecule has 0 atom stereocenters. The van der Waals surface area contributed by atoms with Crippen LogP contribution in [-0.2, 0) is 31.0 Å². The van der Waals surface area contributed by atoms with Gasteiger partial charge in [0.15, 0.2) is 0 Å². The van der Waals surface area contributed by atoms with Crippen LogP contribution in [0.15, 0.2) is 121 Å². The first-order valence-electron chi connectivity index (χ1n) is 14.1. The summed E-state index contributed by atoms with van der Waals surface area (Å²) < 4.78 is 0. The third kappa shape index (κ3) is 12.3. The van der Waals surface area contributed by atoms with E-state index in [0.29, 0.717) is 13.9 Å². The van der Waals surface area contributed by atoms with Crippen LogP contribution in [-0.4, -0.2) is 11.3 Å². The molecule has 6 heteroatoms. The fourth-order valence-electron chi connectivity index (χ4n) is 6.18. The molecule has 2 saturated carbocycles. The van der Waals surface area contributed by atoms with Crippen LogP contribution in [0, 0.1) is 14.9 Å². The van der Waals surface area contributed by atoms with Gasteiger partial charge in [-0.2, -0.15) is 0 Å². The number of hydrogen-bond acceptors (Lipinski definition) is 0. The van der Waals surface area contributed by atoms with Crippen molar-refractivity contribution in [2.75, 3.05) is 0 Å². The van der Waals surface area contributed by atoms with Gasteiger partial charge in [-0.3, -0.25) is 0 Å². The van der Waals surface area contributed by atoms with E-state index in [1.807, 2.05) is 0 Å². The topological polar surface area (TPSA) is 0 Å². The van der Waals surface area contributed by atoms with Crippen molar-refractivity contribution in [3.8, 4) is 0 Å². The van der Waals surface area contributed by atoms with E-state index in [0.717, 1.165) is 11.3 Å². The van der Waals surface area contributed by atoms with Gasteiger partial charge in [0.05, 0.1) is 48.4 Å². The van der Waals surface area contributed by atoms with Crippen LogP contribution in [0.1, 0.15) is 51.4 Å². The zero-order chi connectivity index (χ0) is 27.1. The molecule has 0 radical (unpaired) electrons. The number of halogens is 2. The Morgan fingerprint density at radius 1 is 0.429 bits per heavy atom. The molecule has 4 aromatic rings. The van der Waals surface area contributed by atoms with E-state index in [2.05, 4.69) is 148 Å². The molecule has 230 valence electrons. The summed E-state index contributed by atoms with van der Waals surface area (Å²) in [5, 5.41) is 6.34. The molecule has 2 aliphatic rings. The summed E-state index contributed by atoms with van der Waals surface area (Å²) in [5.74, 6) is 0. The molecule has 0 aliphatic heterocycles. The Kier molecular flexibility index (Phi) is 22.1. The maximum Gasteiger partial charge on any atom is 2.00 e. The van der Waals surface area contributed by atoms with E-state index in [1.54, 1.807) is 21.2 Å². The van der Waals surface area contributed by atoms with Crippen LogP contribution < -0.4 is 21.2 Å². The molecule has 0 heterocycles. The fraction of sp³-hybridized carbons (Fsp3) is 0.278. The van der Waals surface area contributed by atoms with Gasteiger partial charge >= 0.3 is 57.9 Å². The quantitative estimate of drug-likeness (QED) is 0.103. The average molecular weight is 863 g/mol. The molecular formula is C36H46Br2FeP2Pd+2. The maximum absolute atomic E-state index is 3.11. The van der Waals surface area contributed by atoms with Crippen LogP contribution in [0.4, 0.5) is 0 Å². The first kappa shape index (κ1) is 39.9. The van der Waals surface area contributed by atoms with Gasteiger partial charge in [-0.15, -0.1) is 0 Å². The molecule has 0 bridgehead atoms. The first-order chi connectivity index (χ1) is 19.3. The summed E-state index contributed by atoms with van der Waals surface area (Å²) in [6.45, 7) is 0. The summed E-state index contributed by atoms with van der Waals surface area (Å²) in [5.41, 5.74) is 1.86. The molecule has 0 unspecified atom stereocenters. The van der Waals surface area contributed by atoms with Crippen molar-refractivity contribution in [2.24, 2.45) is 0 Å². The smallest absolute Gasteiger partial charge is 0.358 e. The molecule has 2 aliphatic carbocycles. The van der Waals surface area contributed by atoms with E-state index < -0.39 is 15.8 Å². The second-order valence-corrected chi connectivity index (χ2v) is 23.1. The largest absolute Gasteiger partial charge is 2.00 e. The van der Waals surface area contributed by atoms with Crippen molar-refractivity contribution in [3.63, 3.8) is 0 Å². The second kappa shape index (κ2) is 23.3. The van der Waals surface area contributed by atoms with Crippen molar-refractivity contribution < 1.29 is 31.0 Å². The molecular weight excluding hydrogens is 816 g/mol. The van der Waals surface area contributed by atoms with Gasteiger partial charge in [0, 0.05) is 0 Å². The Labute approximate surface area is 291 Å². The molecule has 4 aromatic carbocycles. The second-order valence-electron chi connectivity index (χ2n) is 10.3. The van der Waals surface area contributed by atoms with Gasteiger partial charge < -0.3 is 14.9 Å². The zero-order valence-corrected chi connectivity index (χ0v) is 32.6. The first-order valence-corrected chi connectivity index (χ1v) is 24.4. The van der Waals surface area contributed by atoms with Gasteiger partial charge in [0.2, 0.25) is 0 Å². The van der Waals surface area contributed by atoms with Gasteiger partial charge in [0.1, 0.15) is 0 Å². The Balaban J connectivity index is 0.000000361. The summed E-state index contributed by atoms with van der Waals surface area (Å²) >= 11 is 6.80. The molecule has 0 saturated heterocycles. The third-order valence-electron chi connectivity index (χ3n) is 7.87. The number of hydrogen-bond donors (Lipinski definition) is 0. The molecule has 0 N–H and O–H groups in total. The SMILES string of the molecule is [Br][Pd][Br].[CH3-].[CH3-].[Fe+2].c1ccc([PH+](c2ccccc2)C2CCCC2)cc1.c1ccc([PH+](c2ccccc2)C2CCCC2)cc1. The number of benzene rings is 4. The maximum atomic E-state index is 3.11. The van der Waals surface area contributed by atoms with Gasteiger partial charge in [0.25, 0.3) is 0 Å². The molecule has 0 aromatic heterocycles. The van der Waals surface area contributed by atoms with Crippen molar-refractivity contribution in [1.82, 2.24) is 0 Å². The molecule has 0 spiro atoms. The normalized spacial score (nSPS) is 14.5. The van der Waals surface area contributed by atoms with E-state index in [9.17, 15) is 0 Å². The van der Waals surface area contributed by atoms with E-state index in [-0.39, 0.29) is 31.9 Å². The molecule has 6 rings (SSSR count). The van der Waals surface area contributed by atoms with E-state index in [4.69, 9.17) is 0 Å². The van der Waals surface area contributed by atoms with Crippen LogP contribution in [0.3, 0.4) is 0 Å². The minimum Gasteiger partial charge on any atom is -0.358 e. The predicted octanol–water partition coefficient (Wildman–Crippen LogP) is 10.2. The van der Waals surface area contributed by atoms with Crippen LogP contribution in [0.25, 0.3) is 0 Å². The summed E-state index contributed by atoms with van der Waals surface area (Å²) in [6.07, 6.45) is 11.4. The minimum absolute atomic E-state index is 0. The van der Waals surface area contributed by atoms with Crippen molar-refractivity contribution >= 4 is 63.9 Å². The van der Waals surface area contributed by atoms with Gasteiger partial charge in [-0.1, -0.05) is 72.8 Å². The third-order valence-corrected chi connectivity index (χ3v) is 14.5. The number of rotatable bonds is 6. The molecule has 0 nitrogen and oxygen atoms in total. The van der Waals surface area contributed by atoms with Crippen LogP contribution in [0.2, 0.25) is 0 Å².